The van der Waals surface area contributed by atoms with Crippen molar-refractivity contribution in [2.24, 2.45) is 16.2 Å². The molecule has 1 aliphatic carbocycles. The van der Waals surface area contributed by atoms with Gasteiger partial charge in [0.15, 0.2) is 0 Å². The highest BCUT2D eigenvalue weighted by atomic mass is 32.2. The molecule has 7 heteroatoms. The molecule has 0 radical (unpaired) electrons. The average molecular weight is 458 g/mol. The van der Waals surface area contributed by atoms with Gasteiger partial charge in [-0.3, -0.25) is 4.79 Å². The number of benzene rings is 1. The summed E-state index contributed by atoms with van der Waals surface area (Å²) < 4.78 is 30.1. The highest BCUT2D eigenvalue weighted by Gasteiger charge is 2.37. The first-order valence-corrected chi connectivity index (χ1v) is 13.4. The summed E-state index contributed by atoms with van der Waals surface area (Å²) in [7, 11) is -3.72. The van der Waals surface area contributed by atoms with E-state index in [0.717, 1.165) is 42.7 Å². The fraction of sp³-hybridized carbons (Fsp3) is 0.600. The first-order valence-electron chi connectivity index (χ1n) is 12.0. The number of piperidine rings is 1. The number of hydrogen-bond donors (Lipinski definition) is 1. The molecule has 1 amide bonds. The van der Waals surface area contributed by atoms with Gasteiger partial charge in [-0.05, 0) is 63.4 Å². The summed E-state index contributed by atoms with van der Waals surface area (Å²) in [6, 6.07) is 7.89. The first-order chi connectivity index (χ1) is 15.3. The van der Waals surface area contributed by atoms with Gasteiger partial charge in [-0.1, -0.05) is 43.7 Å². The fourth-order valence-corrected chi connectivity index (χ4v) is 6.67. The van der Waals surface area contributed by atoms with Gasteiger partial charge in [-0.25, -0.2) is 0 Å². The second-order valence-electron chi connectivity index (χ2n) is 9.64. The van der Waals surface area contributed by atoms with Crippen LogP contribution in [-0.2, 0) is 14.8 Å². The molecule has 0 aromatic heterocycles. The molecule has 2 fully saturated rings. The number of rotatable bonds is 4. The smallest absolute Gasteiger partial charge is 0.285 e. The predicted octanol–water partition coefficient (Wildman–Crippen LogP) is 4.26. The number of sulfonamides is 1. The summed E-state index contributed by atoms with van der Waals surface area (Å²) in [4.78, 5) is 15.2. The lowest BCUT2D eigenvalue weighted by atomic mass is 9.86. The molecule has 1 saturated heterocycles. The Hall–Kier alpha value is -2.15. The van der Waals surface area contributed by atoms with Crippen LogP contribution in [-0.4, -0.2) is 44.2 Å². The molecule has 174 valence electrons. The third-order valence-electron chi connectivity index (χ3n) is 7.20. The SMILES string of the molecule is CCC1=C(c2ccc(C)cc2)S(=O)(=O)N=C1N1CCC(C(=O)NC2CCC(C)CC2)CC1. The summed E-state index contributed by atoms with van der Waals surface area (Å²) in [6.07, 6.45) is 6.58. The van der Waals surface area contributed by atoms with Crippen molar-refractivity contribution in [3.8, 4) is 0 Å². The van der Waals surface area contributed by atoms with Crippen molar-refractivity contribution in [3.63, 3.8) is 0 Å². The Morgan fingerprint density at radius 2 is 1.69 bits per heavy atom. The van der Waals surface area contributed by atoms with Gasteiger partial charge >= 0.3 is 0 Å². The zero-order valence-electron chi connectivity index (χ0n) is 19.4. The zero-order valence-corrected chi connectivity index (χ0v) is 20.2. The lowest BCUT2D eigenvalue weighted by Crippen LogP contribution is -2.46. The maximum atomic E-state index is 13.0. The van der Waals surface area contributed by atoms with Crippen molar-refractivity contribution in [1.29, 1.82) is 0 Å². The van der Waals surface area contributed by atoms with Crippen molar-refractivity contribution in [3.05, 3.63) is 41.0 Å². The minimum atomic E-state index is -3.72. The van der Waals surface area contributed by atoms with Crippen molar-refractivity contribution in [2.45, 2.75) is 71.8 Å². The molecule has 2 heterocycles. The van der Waals surface area contributed by atoms with Gasteiger partial charge in [0.25, 0.3) is 10.0 Å². The van der Waals surface area contributed by atoms with Crippen LogP contribution in [0.15, 0.2) is 34.2 Å². The normalized spacial score (nSPS) is 26.2. The van der Waals surface area contributed by atoms with Crippen LogP contribution in [0.2, 0.25) is 0 Å². The summed E-state index contributed by atoms with van der Waals surface area (Å²) in [6.45, 7) is 7.55. The van der Waals surface area contributed by atoms with Gasteiger partial charge in [-0.15, -0.1) is 4.40 Å². The van der Waals surface area contributed by atoms with Crippen LogP contribution >= 0.6 is 0 Å². The maximum Gasteiger partial charge on any atom is 0.285 e. The summed E-state index contributed by atoms with van der Waals surface area (Å²) in [5, 5.41) is 3.27. The molecule has 6 nitrogen and oxygen atoms in total. The molecule has 1 saturated carbocycles. The van der Waals surface area contributed by atoms with E-state index in [1.54, 1.807) is 0 Å². The van der Waals surface area contributed by atoms with Crippen LogP contribution in [0.4, 0.5) is 0 Å². The minimum absolute atomic E-state index is 0.00478. The Kier molecular flexibility index (Phi) is 6.75. The number of hydrogen-bond acceptors (Lipinski definition) is 4. The van der Waals surface area contributed by atoms with E-state index < -0.39 is 10.0 Å². The van der Waals surface area contributed by atoms with E-state index in [1.165, 1.54) is 12.8 Å². The standard InChI is InChI=1S/C25H35N3O3S/c1-4-22-23(19-9-5-17(2)6-10-19)32(30,31)27-24(22)28-15-13-20(14-16-28)25(29)26-21-11-7-18(3)8-12-21/h5-6,9-10,18,20-21H,4,7-8,11-16H2,1-3H3,(H,26,29). The van der Waals surface area contributed by atoms with E-state index in [4.69, 9.17) is 0 Å². The maximum absolute atomic E-state index is 13.0. The number of carbonyl (C=O) groups excluding carboxylic acids is 1. The van der Waals surface area contributed by atoms with Crippen LogP contribution < -0.4 is 5.32 Å². The Morgan fingerprint density at radius 1 is 1.06 bits per heavy atom. The van der Waals surface area contributed by atoms with Crippen LogP contribution in [0.25, 0.3) is 4.91 Å². The van der Waals surface area contributed by atoms with E-state index in [0.29, 0.717) is 41.9 Å². The van der Waals surface area contributed by atoms with Crippen molar-refractivity contribution in [2.75, 3.05) is 13.1 Å². The van der Waals surface area contributed by atoms with Gasteiger partial charge in [0.05, 0.1) is 0 Å². The fourth-order valence-electron chi connectivity index (χ4n) is 5.14. The molecule has 4 rings (SSSR count). The third kappa shape index (κ3) is 4.77. The van der Waals surface area contributed by atoms with E-state index >= 15 is 0 Å². The molecule has 1 N–H and O–H groups in total. The quantitative estimate of drug-likeness (QED) is 0.733. The number of nitrogens with one attached hydrogen (secondary N) is 1. The summed E-state index contributed by atoms with van der Waals surface area (Å²) in [5.74, 6) is 1.50. The molecule has 0 unspecified atom stereocenters. The number of likely N-dealkylation sites (tertiary alicyclic amines) is 1. The molecule has 1 aromatic carbocycles. The molecule has 0 atom stereocenters. The molecule has 3 aliphatic rings. The molecule has 32 heavy (non-hydrogen) atoms. The van der Waals surface area contributed by atoms with E-state index in [1.807, 2.05) is 38.1 Å². The predicted molar refractivity (Wildman–Crippen MR) is 129 cm³/mol. The largest absolute Gasteiger partial charge is 0.356 e. The molecule has 0 spiro atoms. The highest BCUT2D eigenvalue weighted by molar-refractivity contribution is 8.00. The lowest BCUT2D eigenvalue weighted by molar-refractivity contribution is -0.127. The van der Waals surface area contributed by atoms with Crippen LogP contribution in [0, 0.1) is 18.8 Å². The van der Waals surface area contributed by atoms with Gasteiger partial charge in [0, 0.05) is 30.6 Å². The number of amidine groups is 1. The minimum Gasteiger partial charge on any atom is -0.356 e. The Balaban J connectivity index is 1.43. The van der Waals surface area contributed by atoms with Crippen molar-refractivity contribution >= 4 is 26.7 Å². The monoisotopic (exact) mass is 457 g/mol. The van der Waals surface area contributed by atoms with Gasteiger partial charge in [-0.2, -0.15) is 8.42 Å². The van der Waals surface area contributed by atoms with Gasteiger partial charge in [0.1, 0.15) is 10.7 Å². The number of nitrogens with zero attached hydrogens (tertiary/aromatic N) is 2. The number of amides is 1. The van der Waals surface area contributed by atoms with Crippen LogP contribution in [0.3, 0.4) is 0 Å². The topological polar surface area (TPSA) is 78.8 Å². The van der Waals surface area contributed by atoms with E-state index in [9.17, 15) is 13.2 Å². The van der Waals surface area contributed by atoms with Crippen LogP contribution in [0.1, 0.15) is 69.9 Å². The molecule has 0 bridgehead atoms. The third-order valence-corrected chi connectivity index (χ3v) is 8.61. The molecule has 1 aromatic rings. The Morgan fingerprint density at radius 3 is 2.28 bits per heavy atom. The number of carbonyl (C=O) groups is 1. The van der Waals surface area contributed by atoms with Crippen LogP contribution in [0.5, 0.6) is 0 Å². The first kappa shape index (κ1) is 23.0. The van der Waals surface area contributed by atoms with E-state index in [-0.39, 0.29) is 11.8 Å². The second kappa shape index (κ2) is 9.38. The highest BCUT2D eigenvalue weighted by Crippen LogP contribution is 2.36. The average Bonchev–Trinajstić information content (AvgIpc) is 3.06. The second-order valence-corrected chi connectivity index (χ2v) is 11.2. The molecule has 2 aliphatic heterocycles. The van der Waals surface area contributed by atoms with Crippen molar-refractivity contribution in [1.82, 2.24) is 10.2 Å². The number of aryl methyl sites for hydroxylation is 1. The molecular formula is C25H35N3O3S. The summed E-state index contributed by atoms with van der Waals surface area (Å²) >= 11 is 0. The Bertz CT molecular complexity index is 1010. The lowest BCUT2D eigenvalue weighted by Gasteiger charge is -2.34. The van der Waals surface area contributed by atoms with Gasteiger partial charge in [0.2, 0.25) is 5.91 Å². The van der Waals surface area contributed by atoms with Gasteiger partial charge < -0.3 is 10.2 Å². The Labute approximate surface area is 192 Å². The van der Waals surface area contributed by atoms with Crippen molar-refractivity contribution < 1.29 is 13.2 Å². The zero-order chi connectivity index (χ0) is 22.9. The summed E-state index contributed by atoms with van der Waals surface area (Å²) in [5.41, 5.74) is 2.57. The molecular weight excluding hydrogens is 422 g/mol. The van der Waals surface area contributed by atoms with E-state index in [2.05, 4.69) is 21.5 Å².